The van der Waals surface area contributed by atoms with Gasteiger partial charge in [0.15, 0.2) is 0 Å². The third kappa shape index (κ3) is 6.61. The molecular formula is C32H34ClN5O2. The van der Waals surface area contributed by atoms with Crippen LogP contribution in [0.5, 0.6) is 0 Å². The van der Waals surface area contributed by atoms with Crippen molar-refractivity contribution < 1.29 is 9.32 Å². The van der Waals surface area contributed by atoms with Gasteiger partial charge in [-0.3, -0.25) is 14.6 Å². The number of piperidine rings is 1. The molecule has 0 radical (unpaired) electrons. The van der Waals surface area contributed by atoms with Crippen molar-refractivity contribution in [2.45, 2.75) is 45.4 Å². The SMILES string of the molecule is O=C(NCc1ccc(CN2CCc3ccccc3C2)cc1)C1CCN(Cc2nc(-c3ccc(Cl)cc3)no2)CC1. The smallest absolute Gasteiger partial charge is 0.241 e. The maximum Gasteiger partial charge on any atom is 0.241 e. The van der Waals surface area contributed by atoms with Gasteiger partial charge in [0.2, 0.25) is 17.6 Å². The molecular weight excluding hydrogens is 522 g/mol. The molecule has 6 rings (SSSR count). The van der Waals surface area contributed by atoms with Crippen LogP contribution in [0.3, 0.4) is 0 Å². The maximum absolute atomic E-state index is 12.9. The fraction of sp³-hybridized carbons (Fsp3) is 0.344. The molecule has 0 unspecified atom stereocenters. The molecule has 40 heavy (non-hydrogen) atoms. The van der Waals surface area contributed by atoms with Crippen LogP contribution in [-0.4, -0.2) is 45.5 Å². The predicted molar refractivity (Wildman–Crippen MR) is 155 cm³/mol. The summed E-state index contributed by atoms with van der Waals surface area (Å²) in [5.41, 5.74) is 6.23. The van der Waals surface area contributed by atoms with E-state index in [-0.39, 0.29) is 11.8 Å². The number of nitrogens with one attached hydrogen (secondary N) is 1. The number of benzene rings is 3. The van der Waals surface area contributed by atoms with Crippen LogP contribution in [0.1, 0.15) is 41.0 Å². The number of carbonyl (C=O) groups is 1. The van der Waals surface area contributed by atoms with E-state index >= 15 is 0 Å². The van der Waals surface area contributed by atoms with Gasteiger partial charge in [0, 0.05) is 42.7 Å². The lowest BCUT2D eigenvalue weighted by Gasteiger charge is -2.30. The minimum atomic E-state index is 0.0322. The number of nitrogens with zero attached hydrogens (tertiary/aromatic N) is 4. The summed E-state index contributed by atoms with van der Waals surface area (Å²) in [5, 5.41) is 7.92. The quantitative estimate of drug-likeness (QED) is 0.310. The number of aromatic nitrogens is 2. The lowest BCUT2D eigenvalue weighted by molar-refractivity contribution is -0.126. The van der Waals surface area contributed by atoms with Crippen molar-refractivity contribution in [1.29, 1.82) is 0 Å². The predicted octanol–water partition coefficient (Wildman–Crippen LogP) is 5.48. The van der Waals surface area contributed by atoms with E-state index in [0.717, 1.165) is 63.1 Å². The third-order valence-electron chi connectivity index (χ3n) is 7.99. The van der Waals surface area contributed by atoms with Gasteiger partial charge < -0.3 is 9.84 Å². The molecule has 0 saturated carbocycles. The Morgan fingerprint density at radius 2 is 1.60 bits per heavy atom. The van der Waals surface area contributed by atoms with Crippen molar-refractivity contribution in [3.05, 3.63) is 106 Å². The Labute approximate surface area is 240 Å². The zero-order valence-corrected chi connectivity index (χ0v) is 23.3. The molecule has 206 valence electrons. The highest BCUT2D eigenvalue weighted by Gasteiger charge is 2.26. The van der Waals surface area contributed by atoms with E-state index in [9.17, 15) is 4.79 Å². The summed E-state index contributed by atoms with van der Waals surface area (Å²) < 4.78 is 5.46. The van der Waals surface area contributed by atoms with Crippen molar-refractivity contribution in [2.75, 3.05) is 19.6 Å². The van der Waals surface area contributed by atoms with E-state index in [4.69, 9.17) is 16.1 Å². The van der Waals surface area contributed by atoms with Gasteiger partial charge in [0.25, 0.3) is 0 Å². The molecule has 0 spiro atoms. The minimum Gasteiger partial charge on any atom is -0.352 e. The minimum absolute atomic E-state index is 0.0322. The van der Waals surface area contributed by atoms with Gasteiger partial charge in [-0.2, -0.15) is 4.98 Å². The maximum atomic E-state index is 12.9. The van der Waals surface area contributed by atoms with Gasteiger partial charge in [-0.25, -0.2) is 0 Å². The summed E-state index contributed by atoms with van der Waals surface area (Å²) in [4.78, 5) is 22.2. The second-order valence-corrected chi connectivity index (χ2v) is 11.3. The van der Waals surface area contributed by atoms with E-state index in [0.29, 0.717) is 29.8 Å². The number of halogens is 1. The highest BCUT2D eigenvalue weighted by Crippen LogP contribution is 2.23. The standard InChI is InChI=1S/C32H34ClN5O2/c33-29-11-9-26(10-12-29)31-35-30(40-36-31)22-37-16-14-27(15-17-37)32(39)34-19-23-5-7-24(8-6-23)20-38-18-13-25-3-1-2-4-28(25)21-38/h1-12,27H,13-22H2,(H,34,39). The Kier molecular flexibility index (Phi) is 8.23. The molecule has 0 atom stereocenters. The second-order valence-electron chi connectivity index (χ2n) is 10.8. The van der Waals surface area contributed by atoms with Gasteiger partial charge >= 0.3 is 0 Å². The first kappa shape index (κ1) is 26.7. The summed E-state index contributed by atoms with van der Waals surface area (Å²) in [6.45, 7) is 5.85. The van der Waals surface area contributed by atoms with E-state index in [1.54, 1.807) is 0 Å². The van der Waals surface area contributed by atoms with Gasteiger partial charge in [-0.05, 0) is 78.9 Å². The first-order valence-corrected chi connectivity index (χ1v) is 14.4. The number of likely N-dealkylation sites (tertiary alicyclic amines) is 1. The van der Waals surface area contributed by atoms with Crippen LogP contribution < -0.4 is 5.32 Å². The average Bonchev–Trinajstić information content (AvgIpc) is 3.46. The molecule has 7 nitrogen and oxygen atoms in total. The van der Waals surface area contributed by atoms with Crippen molar-refractivity contribution in [3.8, 4) is 11.4 Å². The Balaban J connectivity index is 0.925. The van der Waals surface area contributed by atoms with Crippen molar-refractivity contribution >= 4 is 17.5 Å². The summed E-state index contributed by atoms with van der Waals surface area (Å²) in [6.07, 6.45) is 2.76. The van der Waals surface area contributed by atoms with E-state index in [1.165, 1.54) is 16.7 Å². The summed E-state index contributed by atoms with van der Waals surface area (Å²) in [6, 6.07) is 24.8. The number of amides is 1. The summed E-state index contributed by atoms with van der Waals surface area (Å²) >= 11 is 5.96. The van der Waals surface area contributed by atoms with Crippen LogP contribution in [0.4, 0.5) is 0 Å². The van der Waals surface area contributed by atoms with Crippen LogP contribution in [-0.2, 0) is 37.4 Å². The van der Waals surface area contributed by atoms with Crippen molar-refractivity contribution in [3.63, 3.8) is 0 Å². The molecule has 4 aromatic rings. The van der Waals surface area contributed by atoms with Crippen LogP contribution in [0, 0.1) is 5.92 Å². The zero-order valence-electron chi connectivity index (χ0n) is 22.6. The Morgan fingerprint density at radius 3 is 2.38 bits per heavy atom. The molecule has 1 N–H and O–H groups in total. The molecule has 1 aromatic heterocycles. The van der Waals surface area contributed by atoms with E-state index in [1.807, 2.05) is 24.3 Å². The van der Waals surface area contributed by atoms with Crippen LogP contribution in [0.25, 0.3) is 11.4 Å². The fourth-order valence-corrected chi connectivity index (χ4v) is 5.75. The molecule has 0 aliphatic carbocycles. The summed E-state index contributed by atoms with van der Waals surface area (Å²) in [7, 11) is 0. The van der Waals surface area contributed by atoms with Crippen molar-refractivity contribution in [2.24, 2.45) is 5.92 Å². The number of hydrogen-bond donors (Lipinski definition) is 1. The zero-order chi connectivity index (χ0) is 27.3. The monoisotopic (exact) mass is 555 g/mol. The largest absolute Gasteiger partial charge is 0.352 e. The third-order valence-corrected chi connectivity index (χ3v) is 8.25. The molecule has 3 aromatic carbocycles. The van der Waals surface area contributed by atoms with Crippen LogP contribution in [0.2, 0.25) is 5.02 Å². The first-order chi connectivity index (χ1) is 19.6. The Bertz CT molecular complexity index is 1430. The summed E-state index contributed by atoms with van der Waals surface area (Å²) in [5.74, 6) is 1.32. The molecule has 2 aliphatic heterocycles. The normalized spacial score (nSPS) is 16.5. The highest BCUT2D eigenvalue weighted by molar-refractivity contribution is 6.30. The first-order valence-electron chi connectivity index (χ1n) is 14.0. The van der Waals surface area contributed by atoms with Crippen molar-refractivity contribution in [1.82, 2.24) is 25.3 Å². The number of hydrogen-bond acceptors (Lipinski definition) is 6. The van der Waals surface area contributed by atoms with Gasteiger partial charge in [0.05, 0.1) is 6.54 Å². The topological polar surface area (TPSA) is 74.5 Å². The molecule has 1 saturated heterocycles. The number of rotatable bonds is 8. The Hall–Kier alpha value is -3.52. The molecule has 1 fully saturated rings. The van der Waals surface area contributed by atoms with Crippen LogP contribution >= 0.6 is 11.6 Å². The molecule has 8 heteroatoms. The molecule has 3 heterocycles. The Morgan fingerprint density at radius 1 is 0.875 bits per heavy atom. The van der Waals surface area contributed by atoms with E-state index < -0.39 is 0 Å². The number of carbonyl (C=O) groups excluding carboxylic acids is 1. The van der Waals surface area contributed by atoms with Crippen LogP contribution in [0.15, 0.2) is 77.3 Å². The van der Waals surface area contributed by atoms with Gasteiger partial charge in [-0.1, -0.05) is 65.3 Å². The highest BCUT2D eigenvalue weighted by atomic mass is 35.5. The lowest BCUT2D eigenvalue weighted by atomic mass is 9.96. The van der Waals surface area contributed by atoms with Gasteiger partial charge in [0.1, 0.15) is 0 Å². The second kappa shape index (κ2) is 12.3. The van der Waals surface area contributed by atoms with Gasteiger partial charge in [-0.15, -0.1) is 0 Å². The average molecular weight is 556 g/mol. The lowest BCUT2D eigenvalue weighted by Crippen LogP contribution is -2.40. The van der Waals surface area contributed by atoms with E-state index in [2.05, 4.69) is 73.8 Å². The number of fused-ring (bicyclic) bond motifs is 1. The molecule has 1 amide bonds. The fourth-order valence-electron chi connectivity index (χ4n) is 5.62. The molecule has 2 aliphatic rings. The molecule has 0 bridgehead atoms.